The smallest absolute Gasteiger partial charge is 0.329 e. The van der Waals surface area contributed by atoms with Crippen LogP contribution in [-0.2, 0) is 4.79 Å². The minimum atomic E-state index is -1.09. The number of aryl methyl sites for hydroxylation is 2. The molecule has 1 saturated heterocycles. The van der Waals surface area contributed by atoms with E-state index in [9.17, 15) is 14.7 Å². The van der Waals surface area contributed by atoms with Crippen LogP contribution in [0.1, 0.15) is 33.0 Å². The van der Waals surface area contributed by atoms with Crippen molar-refractivity contribution in [3.8, 4) is 0 Å². The lowest BCUT2D eigenvalue weighted by atomic mass is 9.92. The summed E-state index contributed by atoms with van der Waals surface area (Å²) in [6, 6.07) is 1.82. The molecule has 0 aromatic carbocycles. The Morgan fingerprint density at radius 2 is 1.95 bits per heavy atom. The third-order valence-electron chi connectivity index (χ3n) is 3.50. The molecule has 19 heavy (non-hydrogen) atoms. The average molecular weight is 299 g/mol. The van der Waals surface area contributed by atoms with Gasteiger partial charge in [0.25, 0.3) is 5.91 Å². The highest BCUT2D eigenvalue weighted by atomic mass is 32.2. The Morgan fingerprint density at radius 1 is 1.32 bits per heavy atom. The lowest BCUT2D eigenvalue weighted by Gasteiger charge is -2.33. The Hall–Kier alpha value is -1.01. The van der Waals surface area contributed by atoms with E-state index >= 15 is 0 Å². The van der Waals surface area contributed by atoms with Crippen molar-refractivity contribution in [2.75, 3.05) is 11.5 Å². The number of carbonyl (C=O) groups excluding carboxylic acids is 1. The van der Waals surface area contributed by atoms with Crippen molar-refractivity contribution in [2.45, 2.75) is 32.2 Å². The van der Waals surface area contributed by atoms with Gasteiger partial charge in [-0.2, -0.15) is 11.8 Å². The third-order valence-corrected chi connectivity index (χ3v) is 5.64. The van der Waals surface area contributed by atoms with Crippen molar-refractivity contribution in [3.63, 3.8) is 0 Å². The molecule has 104 valence electrons. The van der Waals surface area contributed by atoms with Crippen LogP contribution in [-0.4, -0.2) is 34.0 Å². The fourth-order valence-corrected chi connectivity index (χ4v) is 4.20. The molecule has 1 aliphatic heterocycles. The number of carbonyl (C=O) groups is 2. The van der Waals surface area contributed by atoms with E-state index in [4.69, 9.17) is 0 Å². The zero-order chi connectivity index (χ0) is 14.0. The second-order valence-corrected chi connectivity index (χ2v) is 7.28. The van der Waals surface area contributed by atoms with E-state index in [-0.39, 0.29) is 5.91 Å². The summed E-state index contributed by atoms with van der Waals surface area (Å²) < 4.78 is 0. The zero-order valence-electron chi connectivity index (χ0n) is 11.0. The second kappa shape index (κ2) is 5.54. The van der Waals surface area contributed by atoms with Gasteiger partial charge in [-0.1, -0.05) is 0 Å². The molecule has 2 N–H and O–H groups in total. The topological polar surface area (TPSA) is 66.4 Å². The summed E-state index contributed by atoms with van der Waals surface area (Å²) in [6.07, 6.45) is 0.976. The van der Waals surface area contributed by atoms with Crippen LogP contribution < -0.4 is 5.32 Å². The van der Waals surface area contributed by atoms with E-state index in [1.165, 1.54) is 11.3 Å². The number of hydrogen-bond donors (Lipinski definition) is 2. The second-order valence-electron chi connectivity index (χ2n) is 4.80. The predicted octanol–water partition coefficient (Wildman–Crippen LogP) is 2.45. The van der Waals surface area contributed by atoms with Crippen molar-refractivity contribution >= 4 is 35.0 Å². The Balaban J connectivity index is 2.17. The molecule has 2 rings (SSSR count). The van der Waals surface area contributed by atoms with Gasteiger partial charge in [-0.3, -0.25) is 4.79 Å². The molecule has 2 heterocycles. The van der Waals surface area contributed by atoms with E-state index in [2.05, 4.69) is 5.32 Å². The summed E-state index contributed by atoms with van der Waals surface area (Å²) in [6.45, 7) is 3.91. The standard InChI is InChI=1S/C13H17NO3S2/c1-8-7-10(19-9(8)2)11(15)14-13(12(16)17)3-5-18-6-4-13/h7H,3-6H2,1-2H3,(H,14,15)(H,16,17). The van der Waals surface area contributed by atoms with E-state index in [1.54, 1.807) is 11.8 Å². The van der Waals surface area contributed by atoms with Crippen molar-refractivity contribution in [3.05, 3.63) is 21.4 Å². The monoisotopic (exact) mass is 299 g/mol. The molecule has 0 aliphatic carbocycles. The molecule has 1 fully saturated rings. The average Bonchev–Trinajstić information content (AvgIpc) is 2.71. The first-order valence-corrected chi connectivity index (χ1v) is 8.12. The van der Waals surface area contributed by atoms with E-state index in [0.29, 0.717) is 17.7 Å². The van der Waals surface area contributed by atoms with Crippen molar-refractivity contribution in [1.82, 2.24) is 5.32 Å². The van der Waals surface area contributed by atoms with Gasteiger partial charge in [0.1, 0.15) is 5.54 Å². The minimum Gasteiger partial charge on any atom is -0.480 e. The van der Waals surface area contributed by atoms with Crippen molar-refractivity contribution in [1.29, 1.82) is 0 Å². The van der Waals surface area contributed by atoms with Crippen LogP contribution in [0.4, 0.5) is 0 Å². The van der Waals surface area contributed by atoms with Crippen LogP contribution in [0.3, 0.4) is 0 Å². The molecule has 1 aromatic rings. The van der Waals surface area contributed by atoms with E-state index in [1.807, 2.05) is 19.9 Å². The SMILES string of the molecule is Cc1cc(C(=O)NC2(C(=O)O)CCSCC2)sc1C. The number of thioether (sulfide) groups is 1. The Labute approximate surface area is 120 Å². The molecule has 1 aromatic heterocycles. The fraction of sp³-hybridized carbons (Fsp3) is 0.538. The quantitative estimate of drug-likeness (QED) is 0.899. The summed E-state index contributed by atoms with van der Waals surface area (Å²) in [7, 11) is 0. The van der Waals surface area contributed by atoms with Gasteiger partial charge in [-0.15, -0.1) is 11.3 Å². The first kappa shape index (κ1) is 14.4. The molecule has 0 unspecified atom stereocenters. The molecule has 1 amide bonds. The maximum absolute atomic E-state index is 12.2. The minimum absolute atomic E-state index is 0.268. The summed E-state index contributed by atoms with van der Waals surface area (Å²) in [5.74, 6) is 0.353. The summed E-state index contributed by atoms with van der Waals surface area (Å²) >= 11 is 3.14. The maximum Gasteiger partial charge on any atom is 0.329 e. The number of amides is 1. The van der Waals surface area contributed by atoms with Gasteiger partial charge < -0.3 is 10.4 Å². The number of thiophene rings is 1. The van der Waals surface area contributed by atoms with Crippen LogP contribution in [0.2, 0.25) is 0 Å². The zero-order valence-corrected chi connectivity index (χ0v) is 12.6. The normalized spacial score (nSPS) is 18.0. The van der Waals surface area contributed by atoms with Gasteiger partial charge in [0.15, 0.2) is 0 Å². The Morgan fingerprint density at radius 3 is 2.42 bits per heavy atom. The number of carboxylic acids is 1. The summed E-state index contributed by atoms with van der Waals surface area (Å²) in [5, 5.41) is 12.2. The molecule has 4 nitrogen and oxygen atoms in total. The van der Waals surface area contributed by atoms with Gasteiger partial charge >= 0.3 is 5.97 Å². The number of nitrogens with one attached hydrogen (secondary N) is 1. The van der Waals surface area contributed by atoms with E-state index < -0.39 is 11.5 Å². The van der Waals surface area contributed by atoms with Crippen LogP contribution in [0.25, 0.3) is 0 Å². The van der Waals surface area contributed by atoms with Crippen molar-refractivity contribution < 1.29 is 14.7 Å². The molecule has 1 aliphatic rings. The van der Waals surface area contributed by atoms with Gasteiger partial charge in [0.2, 0.25) is 0 Å². The Bertz CT molecular complexity index is 484. The first-order valence-electron chi connectivity index (χ1n) is 6.15. The predicted molar refractivity (Wildman–Crippen MR) is 78.2 cm³/mol. The van der Waals surface area contributed by atoms with Gasteiger partial charge in [0, 0.05) is 4.88 Å². The molecular weight excluding hydrogens is 282 g/mol. The van der Waals surface area contributed by atoms with Crippen molar-refractivity contribution in [2.24, 2.45) is 0 Å². The lowest BCUT2D eigenvalue weighted by Crippen LogP contribution is -2.56. The van der Waals surface area contributed by atoms with Crippen LogP contribution in [0.5, 0.6) is 0 Å². The number of aliphatic carboxylic acids is 1. The molecule has 0 radical (unpaired) electrons. The molecule has 0 atom stereocenters. The molecular formula is C13H17NO3S2. The summed E-state index contributed by atoms with van der Waals surface area (Å²) in [4.78, 5) is 25.4. The molecule has 6 heteroatoms. The fourth-order valence-electron chi connectivity index (χ4n) is 2.08. The lowest BCUT2D eigenvalue weighted by molar-refractivity contribution is -0.144. The molecule has 0 saturated carbocycles. The van der Waals surface area contributed by atoms with Crippen LogP contribution >= 0.6 is 23.1 Å². The van der Waals surface area contributed by atoms with Gasteiger partial charge in [-0.05, 0) is 49.8 Å². The van der Waals surface area contributed by atoms with Gasteiger partial charge in [0.05, 0.1) is 4.88 Å². The summed E-state index contributed by atoms with van der Waals surface area (Å²) in [5.41, 5.74) is -0.0209. The molecule has 0 spiro atoms. The first-order chi connectivity index (χ1) is 8.94. The number of hydrogen-bond acceptors (Lipinski definition) is 4. The van der Waals surface area contributed by atoms with Crippen LogP contribution in [0.15, 0.2) is 6.07 Å². The highest BCUT2D eigenvalue weighted by molar-refractivity contribution is 7.99. The largest absolute Gasteiger partial charge is 0.480 e. The number of rotatable bonds is 3. The van der Waals surface area contributed by atoms with Gasteiger partial charge in [-0.25, -0.2) is 4.79 Å². The third kappa shape index (κ3) is 2.95. The number of carboxylic acid groups (broad SMARTS) is 1. The highest BCUT2D eigenvalue weighted by Gasteiger charge is 2.41. The highest BCUT2D eigenvalue weighted by Crippen LogP contribution is 2.29. The molecule has 0 bridgehead atoms. The van der Waals surface area contributed by atoms with Crippen LogP contribution in [0, 0.1) is 13.8 Å². The Kier molecular flexibility index (Phi) is 4.20. The van der Waals surface area contributed by atoms with E-state index in [0.717, 1.165) is 21.9 Å². The maximum atomic E-state index is 12.2.